The van der Waals surface area contributed by atoms with Gasteiger partial charge in [0.2, 0.25) is 5.91 Å². The lowest BCUT2D eigenvalue weighted by Gasteiger charge is -2.32. The summed E-state index contributed by atoms with van der Waals surface area (Å²) in [5.74, 6) is -0.126. The second-order valence-electron chi connectivity index (χ2n) is 6.58. The fourth-order valence-corrected chi connectivity index (χ4v) is 3.96. The van der Waals surface area contributed by atoms with Crippen LogP contribution >= 0.6 is 11.3 Å². The number of ether oxygens (including phenoxy) is 1. The molecule has 0 radical (unpaired) electrons. The van der Waals surface area contributed by atoms with Crippen LogP contribution in [0.4, 0.5) is 10.9 Å². The van der Waals surface area contributed by atoms with E-state index in [4.69, 9.17) is 4.74 Å². The van der Waals surface area contributed by atoms with Crippen LogP contribution < -0.4 is 15.8 Å². The molecule has 1 aliphatic rings. The average Bonchev–Trinajstić information content (AvgIpc) is 3.04. The van der Waals surface area contributed by atoms with Crippen molar-refractivity contribution in [3.05, 3.63) is 33.1 Å². The van der Waals surface area contributed by atoms with Crippen molar-refractivity contribution in [1.29, 1.82) is 0 Å². The molecule has 0 unspecified atom stereocenters. The number of hydrogen-bond donors (Lipinski definition) is 1. The van der Waals surface area contributed by atoms with Gasteiger partial charge in [0.25, 0.3) is 5.56 Å². The van der Waals surface area contributed by atoms with Crippen LogP contribution in [0.3, 0.4) is 0 Å². The topological polar surface area (TPSA) is 106 Å². The second-order valence-corrected chi connectivity index (χ2v) is 7.58. The molecule has 0 aromatic carbocycles. The molecule has 2 aromatic rings. The first-order valence-corrected chi connectivity index (χ1v) is 9.95. The Bertz CT molecular complexity index is 938. The van der Waals surface area contributed by atoms with E-state index in [0.29, 0.717) is 28.1 Å². The highest BCUT2D eigenvalue weighted by Gasteiger charge is 2.28. The Morgan fingerprint density at radius 2 is 2.18 bits per heavy atom. The number of amides is 1. The largest absolute Gasteiger partial charge is 0.462 e. The number of piperidine rings is 1. The fraction of sp³-hybridized carbons (Fsp3) is 0.500. The molecule has 9 nitrogen and oxygen atoms in total. The molecule has 0 spiro atoms. The lowest BCUT2D eigenvalue weighted by Crippen LogP contribution is -2.41. The smallest absolute Gasteiger partial charge is 0.350 e. The number of rotatable bonds is 5. The van der Waals surface area contributed by atoms with Crippen LogP contribution in [0.15, 0.2) is 16.9 Å². The van der Waals surface area contributed by atoms with E-state index in [-0.39, 0.29) is 24.0 Å². The summed E-state index contributed by atoms with van der Waals surface area (Å²) in [5.41, 5.74) is 0.366. The minimum atomic E-state index is -0.428. The molecule has 10 heteroatoms. The Morgan fingerprint density at radius 3 is 2.89 bits per heavy atom. The van der Waals surface area contributed by atoms with Crippen LogP contribution in [0.25, 0.3) is 0 Å². The zero-order valence-electron chi connectivity index (χ0n) is 16.1. The second kappa shape index (κ2) is 8.51. The predicted molar refractivity (Wildman–Crippen MR) is 106 cm³/mol. The number of nitrogens with zero attached hydrogens (tertiary/aromatic N) is 4. The highest BCUT2D eigenvalue weighted by atomic mass is 32.1. The van der Waals surface area contributed by atoms with Gasteiger partial charge in [-0.15, -0.1) is 0 Å². The first kappa shape index (κ1) is 20.0. The van der Waals surface area contributed by atoms with Gasteiger partial charge in [-0.1, -0.05) is 11.3 Å². The van der Waals surface area contributed by atoms with Crippen LogP contribution in [-0.4, -0.2) is 46.3 Å². The molecule has 1 fully saturated rings. The van der Waals surface area contributed by atoms with Gasteiger partial charge in [0.1, 0.15) is 10.7 Å². The van der Waals surface area contributed by atoms with Crippen molar-refractivity contribution in [3.8, 4) is 0 Å². The van der Waals surface area contributed by atoms with E-state index in [1.165, 1.54) is 10.7 Å². The summed E-state index contributed by atoms with van der Waals surface area (Å²) in [6.07, 6.45) is 1.59. The van der Waals surface area contributed by atoms with E-state index < -0.39 is 5.97 Å². The first-order valence-electron chi connectivity index (χ1n) is 9.13. The van der Waals surface area contributed by atoms with Crippen molar-refractivity contribution in [2.45, 2.75) is 26.7 Å². The maximum Gasteiger partial charge on any atom is 0.350 e. The third-order valence-electron chi connectivity index (χ3n) is 4.55. The van der Waals surface area contributed by atoms with Gasteiger partial charge in [-0.3, -0.25) is 9.59 Å². The van der Waals surface area contributed by atoms with Gasteiger partial charge in [-0.2, -0.15) is 5.10 Å². The molecule has 1 N–H and O–H groups in total. The number of carbonyl (C=O) groups is 2. The Balaban J connectivity index is 1.67. The van der Waals surface area contributed by atoms with Gasteiger partial charge in [-0.25, -0.2) is 14.5 Å². The van der Waals surface area contributed by atoms with Crippen LogP contribution in [0.1, 0.15) is 35.1 Å². The van der Waals surface area contributed by atoms with Gasteiger partial charge >= 0.3 is 5.97 Å². The summed E-state index contributed by atoms with van der Waals surface area (Å²) >= 11 is 1.12. The molecule has 0 aliphatic carbocycles. The molecule has 28 heavy (non-hydrogen) atoms. The van der Waals surface area contributed by atoms with Crippen molar-refractivity contribution >= 4 is 34.2 Å². The van der Waals surface area contributed by atoms with Crippen LogP contribution in [0, 0.1) is 12.8 Å². The van der Waals surface area contributed by atoms with E-state index in [9.17, 15) is 14.4 Å². The van der Waals surface area contributed by atoms with E-state index in [0.717, 1.165) is 30.7 Å². The van der Waals surface area contributed by atoms with Crippen molar-refractivity contribution < 1.29 is 14.3 Å². The van der Waals surface area contributed by atoms with Gasteiger partial charge in [0.05, 0.1) is 18.2 Å². The monoisotopic (exact) mass is 405 g/mol. The maximum atomic E-state index is 12.7. The first-order chi connectivity index (χ1) is 13.4. The quantitative estimate of drug-likeness (QED) is 0.753. The maximum absolute atomic E-state index is 12.7. The van der Waals surface area contributed by atoms with E-state index >= 15 is 0 Å². The van der Waals surface area contributed by atoms with E-state index in [2.05, 4.69) is 15.4 Å². The summed E-state index contributed by atoms with van der Waals surface area (Å²) in [6.45, 7) is 5.02. The molecule has 1 saturated heterocycles. The normalized spacial score (nSPS) is 16.7. The van der Waals surface area contributed by atoms with Crippen molar-refractivity contribution in [1.82, 2.24) is 14.8 Å². The third kappa shape index (κ3) is 4.38. The number of aryl methyl sites for hydroxylation is 2. The number of anilines is 2. The van der Waals surface area contributed by atoms with Crippen LogP contribution in [-0.2, 0) is 16.6 Å². The van der Waals surface area contributed by atoms with Crippen LogP contribution in [0.5, 0.6) is 0 Å². The highest BCUT2D eigenvalue weighted by molar-refractivity contribution is 7.17. The third-order valence-corrected chi connectivity index (χ3v) is 5.60. The van der Waals surface area contributed by atoms with Crippen LogP contribution in [0.2, 0.25) is 0 Å². The molecule has 150 valence electrons. The predicted octanol–water partition coefficient (Wildman–Crippen LogP) is 1.58. The molecule has 3 heterocycles. The lowest BCUT2D eigenvalue weighted by molar-refractivity contribution is -0.120. The van der Waals surface area contributed by atoms with Gasteiger partial charge < -0.3 is 15.0 Å². The molecule has 1 amide bonds. The molecule has 2 aromatic heterocycles. The summed E-state index contributed by atoms with van der Waals surface area (Å²) in [5, 5.41) is 7.48. The van der Waals surface area contributed by atoms with Crippen molar-refractivity contribution in [3.63, 3.8) is 0 Å². The Hall–Kier alpha value is -2.75. The standard InChI is InChI=1S/C18H23N5O4S/c1-4-27-17(26)15-11(2)19-18(28-15)20-16(25)12-6-5-9-23(10-12)13-7-8-14(24)22(3)21-13/h7-8,12H,4-6,9-10H2,1-3H3,(H,19,20,25)/t12-/m1/s1. The number of carbonyl (C=O) groups excluding carboxylic acids is 2. The molecular weight excluding hydrogens is 382 g/mol. The number of hydrogen-bond acceptors (Lipinski definition) is 8. The van der Waals surface area contributed by atoms with Gasteiger partial charge in [-0.05, 0) is 32.8 Å². The number of esters is 1. The van der Waals surface area contributed by atoms with Gasteiger partial charge in [0, 0.05) is 26.2 Å². The minimum Gasteiger partial charge on any atom is -0.462 e. The zero-order chi connectivity index (χ0) is 20.3. The molecule has 0 bridgehead atoms. The molecule has 3 rings (SSSR count). The van der Waals surface area contributed by atoms with Crippen molar-refractivity contribution in [2.75, 3.05) is 29.9 Å². The Kier molecular flexibility index (Phi) is 6.08. The fourth-order valence-electron chi connectivity index (χ4n) is 3.10. The average molecular weight is 405 g/mol. The number of thiazole rings is 1. The zero-order valence-corrected chi connectivity index (χ0v) is 16.9. The highest BCUT2D eigenvalue weighted by Crippen LogP contribution is 2.26. The molecular formula is C18H23N5O4S. The lowest BCUT2D eigenvalue weighted by atomic mass is 9.97. The Morgan fingerprint density at radius 1 is 1.39 bits per heavy atom. The summed E-state index contributed by atoms with van der Waals surface area (Å²) in [6, 6.07) is 3.15. The number of aromatic nitrogens is 3. The molecule has 0 saturated carbocycles. The minimum absolute atomic E-state index is 0.140. The van der Waals surface area contributed by atoms with Gasteiger partial charge in [0.15, 0.2) is 5.13 Å². The van der Waals surface area contributed by atoms with Crippen molar-refractivity contribution in [2.24, 2.45) is 13.0 Å². The number of nitrogens with one attached hydrogen (secondary N) is 1. The van der Waals surface area contributed by atoms with E-state index in [1.807, 2.05) is 4.90 Å². The molecule has 1 aliphatic heterocycles. The SMILES string of the molecule is CCOC(=O)c1sc(NC(=O)[C@@H]2CCCN(c3ccc(=O)n(C)n3)C2)nc1C. The molecule has 1 atom stereocenters. The van der Waals surface area contributed by atoms with E-state index in [1.54, 1.807) is 27.0 Å². The summed E-state index contributed by atoms with van der Waals surface area (Å²) in [4.78, 5) is 42.8. The Labute approximate surface area is 166 Å². The summed E-state index contributed by atoms with van der Waals surface area (Å²) < 4.78 is 6.29. The summed E-state index contributed by atoms with van der Waals surface area (Å²) in [7, 11) is 1.60.